The molecule has 0 aromatic rings. The lowest BCUT2D eigenvalue weighted by atomic mass is 9.46. The molecule has 0 aromatic carbocycles. The van der Waals surface area contributed by atoms with E-state index in [-0.39, 0.29) is 40.0 Å². The molecule has 3 fully saturated rings. The third kappa shape index (κ3) is 3.25. The monoisotopic (exact) mass is 458 g/mol. The fourth-order valence-electron chi connectivity index (χ4n) is 7.74. The van der Waals surface area contributed by atoms with Gasteiger partial charge in [-0.15, -0.1) is 0 Å². The van der Waals surface area contributed by atoms with E-state index in [1.807, 2.05) is 13.0 Å². The zero-order chi connectivity index (χ0) is 23.5. The summed E-state index contributed by atoms with van der Waals surface area (Å²) in [6.07, 6.45) is 7.39. The Hall–Kier alpha value is -1.17. The van der Waals surface area contributed by atoms with Crippen LogP contribution in [0.1, 0.15) is 72.1 Å². The fraction of sp³-hybridized carbons (Fsp3) is 0.704. The second kappa shape index (κ2) is 8.25. The lowest BCUT2D eigenvalue weighted by Gasteiger charge is -2.61. The number of hydrogen-bond acceptors (Lipinski definition) is 5. The predicted octanol–water partition coefficient (Wildman–Crippen LogP) is 5.00. The van der Waals surface area contributed by atoms with Crippen LogP contribution in [-0.2, 0) is 9.59 Å². The summed E-state index contributed by atoms with van der Waals surface area (Å²) in [6, 6.07) is 0. The molecule has 32 heavy (non-hydrogen) atoms. The largest absolute Gasteiger partial charge is 0.396 e. The Morgan fingerprint density at radius 1 is 1.28 bits per heavy atom. The molecule has 4 aliphatic rings. The number of ketones is 1. The maximum Gasteiger partial charge on any atom is 0.188 e. The van der Waals surface area contributed by atoms with Gasteiger partial charge in [0.1, 0.15) is 0 Å². The van der Waals surface area contributed by atoms with Gasteiger partial charge in [0.15, 0.2) is 10.9 Å². The van der Waals surface area contributed by atoms with Crippen molar-refractivity contribution < 1.29 is 19.8 Å². The van der Waals surface area contributed by atoms with Gasteiger partial charge in [0, 0.05) is 30.1 Å². The smallest absolute Gasteiger partial charge is 0.188 e. The number of aliphatic hydroxyl groups is 2. The summed E-state index contributed by atoms with van der Waals surface area (Å²) in [6.45, 7) is 15.2. The molecule has 0 heterocycles. The number of thioether (sulfide) groups is 1. The van der Waals surface area contributed by atoms with Crippen LogP contribution in [0.4, 0.5) is 0 Å². The molecule has 2 N–H and O–H groups in total. The van der Waals surface area contributed by atoms with E-state index in [9.17, 15) is 19.8 Å². The minimum atomic E-state index is -1.08. The number of allylic oxidation sites excluding steroid dienone is 1. The van der Waals surface area contributed by atoms with Crippen molar-refractivity contribution in [2.75, 3.05) is 6.61 Å². The number of hydrogen-bond donors (Lipinski definition) is 2. The maximum atomic E-state index is 12.6. The van der Waals surface area contributed by atoms with Gasteiger partial charge in [-0.2, -0.15) is 0 Å². The first-order valence-corrected chi connectivity index (χ1v) is 13.1. The van der Waals surface area contributed by atoms with Crippen LogP contribution in [-0.4, -0.2) is 38.6 Å². The van der Waals surface area contributed by atoms with Gasteiger partial charge in [-0.05, 0) is 78.9 Å². The molecule has 0 aromatic heterocycles. The van der Waals surface area contributed by atoms with Gasteiger partial charge in [0.25, 0.3) is 0 Å². The van der Waals surface area contributed by atoms with Gasteiger partial charge in [-0.1, -0.05) is 51.3 Å². The van der Waals surface area contributed by atoms with Crippen molar-refractivity contribution >= 4 is 22.7 Å². The molecule has 2 unspecified atom stereocenters. The van der Waals surface area contributed by atoms with Gasteiger partial charge in [0.2, 0.25) is 0 Å². The summed E-state index contributed by atoms with van der Waals surface area (Å²) in [5, 5.41) is 21.7. The van der Waals surface area contributed by atoms with Crippen molar-refractivity contribution in [3.63, 3.8) is 0 Å². The van der Waals surface area contributed by atoms with E-state index in [0.717, 1.165) is 36.8 Å². The molecule has 5 heteroatoms. The third-order valence-corrected chi connectivity index (χ3v) is 10.9. The van der Waals surface area contributed by atoms with E-state index in [2.05, 4.69) is 27.0 Å². The van der Waals surface area contributed by atoms with Crippen molar-refractivity contribution in [2.45, 2.75) is 83.0 Å². The third-order valence-electron chi connectivity index (χ3n) is 9.61. The zero-order valence-electron chi connectivity index (χ0n) is 19.8. The van der Waals surface area contributed by atoms with Crippen molar-refractivity contribution in [1.82, 2.24) is 0 Å². The molecule has 0 aliphatic heterocycles. The number of carbonyl (C=O) groups excluding carboxylic acids is 2. The highest BCUT2D eigenvalue weighted by molar-refractivity contribution is 8.14. The topological polar surface area (TPSA) is 74.6 Å². The van der Waals surface area contributed by atoms with Crippen molar-refractivity contribution in [1.29, 1.82) is 0 Å². The first kappa shape index (κ1) is 24.0. The number of rotatable bonds is 5. The SMILES string of the molecule is C=C1C(=C)C(O)(CCCO)[C@@]2(C)CC[C@@H]3[C@@H](C(SC(=O)CC)CC4=CC(=O)CC[C@@]43C)[C@H]12. The zero-order valence-corrected chi connectivity index (χ0v) is 20.6. The highest BCUT2D eigenvalue weighted by atomic mass is 32.2. The van der Waals surface area contributed by atoms with Crippen LogP contribution in [0.3, 0.4) is 0 Å². The predicted molar refractivity (Wildman–Crippen MR) is 129 cm³/mol. The molecule has 0 radical (unpaired) electrons. The van der Waals surface area contributed by atoms with Crippen molar-refractivity contribution in [3.8, 4) is 0 Å². The van der Waals surface area contributed by atoms with Gasteiger partial charge in [-0.25, -0.2) is 0 Å². The standard InChI is InChI=1S/C27H38O4S/c1-6-22(30)32-21-15-18-14-19(29)8-11-25(18,4)20-9-12-26(5)24(23(20)21)16(2)17(3)27(26,31)10-7-13-28/h14,20-21,23-24,28,31H,2-3,6-13,15H2,1,4-5H3/t20-,21?,23+,24+,25+,26+,27?/m1/s1. The highest BCUT2D eigenvalue weighted by Crippen LogP contribution is 2.71. The minimum Gasteiger partial charge on any atom is -0.396 e. The Kier molecular flexibility index (Phi) is 6.18. The van der Waals surface area contributed by atoms with E-state index in [4.69, 9.17) is 0 Å². The molecule has 0 bridgehead atoms. The van der Waals surface area contributed by atoms with Crippen LogP contribution in [0.5, 0.6) is 0 Å². The Bertz CT molecular complexity index is 890. The van der Waals surface area contributed by atoms with E-state index in [1.165, 1.54) is 17.3 Å². The maximum absolute atomic E-state index is 12.6. The average molecular weight is 459 g/mol. The van der Waals surface area contributed by atoms with E-state index >= 15 is 0 Å². The lowest BCUT2D eigenvalue weighted by Crippen LogP contribution is -2.58. The van der Waals surface area contributed by atoms with Gasteiger partial charge >= 0.3 is 0 Å². The normalized spacial score (nSPS) is 43.4. The summed E-state index contributed by atoms with van der Waals surface area (Å²) >= 11 is 1.45. The molecular formula is C27H38O4S. The molecule has 3 saturated carbocycles. The second-order valence-corrected chi connectivity index (χ2v) is 12.2. The lowest BCUT2D eigenvalue weighted by molar-refractivity contribution is -0.123. The second-order valence-electron chi connectivity index (χ2n) is 10.9. The van der Waals surface area contributed by atoms with Crippen molar-refractivity contribution in [2.24, 2.45) is 28.6 Å². The first-order valence-electron chi connectivity index (χ1n) is 12.2. The van der Waals surface area contributed by atoms with Gasteiger partial charge in [-0.3, -0.25) is 9.59 Å². The summed E-state index contributed by atoms with van der Waals surface area (Å²) in [4.78, 5) is 24.9. The van der Waals surface area contributed by atoms with E-state index in [0.29, 0.717) is 31.6 Å². The van der Waals surface area contributed by atoms with Crippen LogP contribution in [0.15, 0.2) is 36.0 Å². The molecular weight excluding hydrogens is 420 g/mol. The molecule has 0 spiro atoms. The van der Waals surface area contributed by atoms with Gasteiger partial charge < -0.3 is 10.2 Å². The molecule has 0 saturated heterocycles. The number of aliphatic hydroxyl groups excluding tert-OH is 1. The minimum absolute atomic E-state index is 0.0403. The summed E-state index contributed by atoms with van der Waals surface area (Å²) in [7, 11) is 0. The van der Waals surface area contributed by atoms with Gasteiger partial charge in [0.05, 0.1) is 5.60 Å². The van der Waals surface area contributed by atoms with Crippen LogP contribution in [0.25, 0.3) is 0 Å². The van der Waals surface area contributed by atoms with Crippen LogP contribution in [0.2, 0.25) is 0 Å². The average Bonchev–Trinajstić information content (AvgIpc) is 2.91. The Balaban J connectivity index is 1.81. The molecule has 7 atom stereocenters. The fourth-order valence-corrected chi connectivity index (χ4v) is 9.01. The summed E-state index contributed by atoms with van der Waals surface area (Å²) in [5.41, 5.74) is 1.34. The summed E-state index contributed by atoms with van der Waals surface area (Å²) in [5.74, 6) is 0.812. The van der Waals surface area contributed by atoms with Crippen LogP contribution in [0, 0.1) is 28.6 Å². The molecule has 176 valence electrons. The molecule has 0 amide bonds. The Labute approximate surface area is 196 Å². The Morgan fingerprint density at radius 2 is 2.00 bits per heavy atom. The van der Waals surface area contributed by atoms with Crippen LogP contribution < -0.4 is 0 Å². The highest BCUT2D eigenvalue weighted by Gasteiger charge is 2.68. The van der Waals surface area contributed by atoms with Crippen LogP contribution >= 0.6 is 11.8 Å². The van der Waals surface area contributed by atoms with Crippen molar-refractivity contribution in [3.05, 3.63) is 36.0 Å². The number of carbonyl (C=O) groups is 2. The first-order chi connectivity index (χ1) is 15.0. The molecule has 4 aliphatic carbocycles. The van der Waals surface area contributed by atoms with E-state index < -0.39 is 11.0 Å². The van der Waals surface area contributed by atoms with E-state index in [1.54, 1.807) is 0 Å². The number of fused-ring (bicyclic) bond motifs is 5. The quantitative estimate of drug-likeness (QED) is 0.606. The molecule has 4 nitrogen and oxygen atoms in total. The summed E-state index contributed by atoms with van der Waals surface area (Å²) < 4.78 is 0. The Morgan fingerprint density at radius 3 is 2.66 bits per heavy atom. The molecule has 4 rings (SSSR count).